The maximum absolute atomic E-state index is 13.1. The summed E-state index contributed by atoms with van der Waals surface area (Å²) in [6.07, 6.45) is 4.68. The summed E-state index contributed by atoms with van der Waals surface area (Å²) in [5.41, 5.74) is 1.22. The molecule has 10 nitrogen and oxygen atoms in total. The monoisotopic (exact) mass is 342 g/mol. The molecule has 10 heteroatoms. The van der Waals surface area contributed by atoms with E-state index < -0.39 is 0 Å². The van der Waals surface area contributed by atoms with Crippen LogP contribution in [0.25, 0.3) is 5.82 Å². The highest BCUT2D eigenvalue weighted by molar-refractivity contribution is 5.97. The van der Waals surface area contributed by atoms with Crippen molar-refractivity contribution >= 4 is 5.91 Å². The summed E-state index contributed by atoms with van der Waals surface area (Å²) in [5, 5.41) is 21.9. The molecule has 0 saturated carbocycles. The molecule has 0 aromatic carbocycles. The normalized spacial score (nSPS) is 17.6. The Hall–Kier alpha value is -3.04. The summed E-state index contributed by atoms with van der Waals surface area (Å²) in [4.78, 5) is 14.9. The van der Waals surface area contributed by atoms with Crippen molar-refractivity contribution in [2.75, 3.05) is 6.54 Å². The number of amides is 1. The minimum absolute atomic E-state index is 0.0969. The summed E-state index contributed by atoms with van der Waals surface area (Å²) < 4.78 is 6.79. The first-order valence-corrected chi connectivity index (χ1v) is 8.19. The van der Waals surface area contributed by atoms with Gasteiger partial charge in [-0.2, -0.15) is 9.78 Å². The first-order chi connectivity index (χ1) is 12.1. The molecule has 1 amide bonds. The van der Waals surface area contributed by atoms with Gasteiger partial charge in [0.05, 0.1) is 12.2 Å². The largest absolute Gasteiger partial charge is 0.361 e. The van der Waals surface area contributed by atoms with Crippen LogP contribution in [0.2, 0.25) is 0 Å². The molecule has 1 atom stereocenters. The maximum Gasteiger partial charge on any atom is 0.259 e. The van der Waals surface area contributed by atoms with E-state index in [1.54, 1.807) is 4.90 Å². The number of carbonyl (C=O) groups is 1. The van der Waals surface area contributed by atoms with Crippen LogP contribution < -0.4 is 0 Å². The summed E-state index contributed by atoms with van der Waals surface area (Å²) in [6.45, 7) is 4.76. The van der Waals surface area contributed by atoms with E-state index in [9.17, 15) is 4.79 Å². The van der Waals surface area contributed by atoms with Crippen molar-refractivity contribution in [3.8, 4) is 5.82 Å². The summed E-state index contributed by atoms with van der Waals surface area (Å²) in [7, 11) is 0. The second-order valence-electron chi connectivity index (χ2n) is 6.35. The molecule has 4 rings (SSSR count). The van der Waals surface area contributed by atoms with Crippen LogP contribution in [0.5, 0.6) is 0 Å². The van der Waals surface area contributed by atoms with Crippen molar-refractivity contribution in [2.24, 2.45) is 0 Å². The van der Waals surface area contributed by atoms with Gasteiger partial charge in [-0.05, 0) is 23.3 Å². The Labute approximate surface area is 143 Å². The molecular weight excluding hydrogens is 324 g/mol. The van der Waals surface area contributed by atoms with Crippen LogP contribution in [0.1, 0.15) is 60.5 Å². The zero-order chi connectivity index (χ0) is 17.4. The number of hydrogen-bond acceptors (Lipinski definition) is 7. The van der Waals surface area contributed by atoms with Gasteiger partial charge in [0.25, 0.3) is 5.91 Å². The quantitative estimate of drug-likeness (QED) is 0.762. The smallest absolute Gasteiger partial charge is 0.259 e. The van der Waals surface area contributed by atoms with E-state index in [0.29, 0.717) is 17.9 Å². The lowest BCUT2D eigenvalue weighted by molar-refractivity contribution is 0.0730. The third-order valence-corrected chi connectivity index (χ3v) is 4.40. The number of likely N-dealkylation sites (tertiary alicyclic amines) is 1. The van der Waals surface area contributed by atoms with Gasteiger partial charge in [-0.15, -0.1) is 5.10 Å². The molecule has 130 valence electrons. The van der Waals surface area contributed by atoms with Crippen LogP contribution in [-0.4, -0.2) is 52.9 Å². The van der Waals surface area contributed by atoms with Gasteiger partial charge in [-0.1, -0.05) is 19.0 Å². The Morgan fingerprint density at radius 1 is 1.44 bits per heavy atom. The summed E-state index contributed by atoms with van der Waals surface area (Å²) in [6, 6.07) is 1.85. The van der Waals surface area contributed by atoms with E-state index in [-0.39, 0.29) is 17.9 Å². The topological polar surface area (TPSA) is 119 Å². The summed E-state index contributed by atoms with van der Waals surface area (Å²) in [5.74, 6) is 1.40. The average molecular weight is 342 g/mol. The Morgan fingerprint density at radius 2 is 2.32 bits per heavy atom. The van der Waals surface area contributed by atoms with Crippen molar-refractivity contribution in [3.05, 3.63) is 35.6 Å². The first-order valence-electron chi connectivity index (χ1n) is 8.19. The number of H-pyrrole nitrogens is 1. The van der Waals surface area contributed by atoms with Gasteiger partial charge in [0, 0.05) is 18.5 Å². The molecule has 4 heterocycles. The number of nitrogens with zero attached hydrogens (tertiary/aromatic N) is 7. The molecule has 1 fully saturated rings. The predicted octanol–water partition coefficient (Wildman–Crippen LogP) is 1.47. The number of aromatic nitrogens is 7. The lowest BCUT2D eigenvalue weighted by Crippen LogP contribution is -2.31. The van der Waals surface area contributed by atoms with Gasteiger partial charge in [0.1, 0.15) is 23.3 Å². The highest BCUT2D eigenvalue weighted by Crippen LogP contribution is 2.34. The van der Waals surface area contributed by atoms with Crippen molar-refractivity contribution in [2.45, 2.75) is 38.6 Å². The molecule has 1 saturated heterocycles. The molecular formula is C15H18N8O2. The fourth-order valence-corrected chi connectivity index (χ4v) is 3.08. The minimum atomic E-state index is -0.129. The standard InChI is InChI=1S/C15H18N8O2/c1-9(2)13-6-11(19-25-13)12-4-3-5-22(12)15(24)10-7-16-18-14(10)23-8-17-20-21-23/h6-9,12H,3-5H2,1-2H3,(H,16,18)/t12-/m1/s1. The molecule has 0 spiro atoms. The van der Waals surface area contributed by atoms with Gasteiger partial charge in [-0.3, -0.25) is 9.89 Å². The highest BCUT2D eigenvalue weighted by atomic mass is 16.5. The van der Waals surface area contributed by atoms with E-state index in [1.807, 2.05) is 19.9 Å². The predicted molar refractivity (Wildman–Crippen MR) is 84.9 cm³/mol. The SMILES string of the molecule is CC(C)c1cc([C@H]2CCCN2C(=O)c2cn[nH]c2-n2cnnn2)no1. The lowest BCUT2D eigenvalue weighted by atomic mass is 10.1. The molecule has 3 aromatic heterocycles. The van der Waals surface area contributed by atoms with Crippen LogP contribution in [0.3, 0.4) is 0 Å². The van der Waals surface area contributed by atoms with Crippen LogP contribution in [-0.2, 0) is 0 Å². The Bertz CT molecular complexity index is 866. The molecule has 0 aliphatic carbocycles. The highest BCUT2D eigenvalue weighted by Gasteiger charge is 2.34. The second kappa shape index (κ2) is 6.11. The van der Waals surface area contributed by atoms with Crippen LogP contribution in [0.15, 0.2) is 23.1 Å². The Morgan fingerprint density at radius 3 is 3.04 bits per heavy atom. The number of aromatic amines is 1. The van der Waals surface area contributed by atoms with Crippen molar-refractivity contribution < 1.29 is 9.32 Å². The van der Waals surface area contributed by atoms with Crippen LogP contribution in [0, 0.1) is 0 Å². The third kappa shape index (κ3) is 2.69. The minimum Gasteiger partial charge on any atom is -0.361 e. The Kier molecular flexibility index (Phi) is 3.79. The molecule has 0 bridgehead atoms. The van der Waals surface area contributed by atoms with Crippen molar-refractivity contribution in [3.63, 3.8) is 0 Å². The Balaban J connectivity index is 1.62. The fourth-order valence-electron chi connectivity index (χ4n) is 3.08. The number of tetrazole rings is 1. The molecule has 1 aliphatic heterocycles. The van der Waals surface area contributed by atoms with E-state index in [4.69, 9.17) is 4.52 Å². The zero-order valence-corrected chi connectivity index (χ0v) is 14.0. The van der Waals surface area contributed by atoms with Crippen LogP contribution >= 0.6 is 0 Å². The average Bonchev–Trinajstić information content (AvgIpc) is 3.41. The van der Waals surface area contributed by atoms with Crippen molar-refractivity contribution in [1.82, 2.24) is 40.5 Å². The molecule has 0 unspecified atom stereocenters. The van der Waals surface area contributed by atoms with E-state index >= 15 is 0 Å². The number of nitrogens with one attached hydrogen (secondary N) is 1. The van der Waals surface area contributed by atoms with E-state index in [0.717, 1.165) is 24.3 Å². The summed E-state index contributed by atoms with van der Waals surface area (Å²) >= 11 is 0. The molecule has 3 aromatic rings. The molecule has 1 aliphatic rings. The van der Waals surface area contributed by atoms with Gasteiger partial charge in [0.15, 0.2) is 5.82 Å². The second-order valence-corrected chi connectivity index (χ2v) is 6.35. The van der Waals surface area contributed by atoms with Gasteiger partial charge >= 0.3 is 0 Å². The molecule has 0 radical (unpaired) electrons. The van der Waals surface area contributed by atoms with E-state index in [2.05, 4.69) is 30.9 Å². The van der Waals surface area contributed by atoms with E-state index in [1.165, 1.54) is 17.2 Å². The van der Waals surface area contributed by atoms with Gasteiger partial charge in [0.2, 0.25) is 0 Å². The third-order valence-electron chi connectivity index (χ3n) is 4.40. The molecule has 25 heavy (non-hydrogen) atoms. The zero-order valence-electron chi connectivity index (χ0n) is 14.0. The van der Waals surface area contributed by atoms with Crippen molar-refractivity contribution in [1.29, 1.82) is 0 Å². The molecule has 1 N–H and O–H groups in total. The number of carbonyl (C=O) groups excluding carboxylic acids is 1. The number of rotatable bonds is 4. The van der Waals surface area contributed by atoms with Crippen LogP contribution in [0.4, 0.5) is 0 Å². The van der Waals surface area contributed by atoms with Gasteiger partial charge < -0.3 is 9.42 Å². The first kappa shape index (κ1) is 15.5. The fraction of sp³-hybridized carbons (Fsp3) is 0.467. The maximum atomic E-state index is 13.1. The number of hydrogen-bond donors (Lipinski definition) is 1. The van der Waals surface area contributed by atoms with Gasteiger partial charge in [-0.25, -0.2) is 0 Å². The lowest BCUT2D eigenvalue weighted by Gasteiger charge is -2.22.